The Labute approximate surface area is 503 Å². The van der Waals surface area contributed by atoms with Crippen LogP contribution in [0.15, 0.2) is 29.8 Å². The zero-order valence-corrected chi connectivity index (χ0v) is 53.3. The minimum Gasteiger partial charge on any atom is -0.662 e. The van der Waals surface area contributed by atoms with Gasteiger partial charge in [0.05, 0.1) is 11.0 Å². The third-order valence-corrected chi connectivity index (χ3v) is 11.2. The maximum absolute atomic E-state index is 11.0. The van der Waals surface area contributed by atoms with Crippen molar-refractivity contribution in [3.05, 3.63) is 87.0 Å². The molecule has 0 unspecified atom stereocenters. The number of nitrogen functional groups attached to an aromatic ring is 1. The van der Waals surface area contributed by atoms with Crippen LogP contribution < -0.4 is 92.1 Å². The fourth-order valence-electron chi connectivity index (χ4n) is 7.82. The maximum atomic E-state index is 11.0. The number of nitrogens with zero attached hydrogens (tertiary/aromatic N) is 21. The first-order chi connectivity index (χ1) is 34.9. The molecular formula is C47H83BrKN22O6+. The first kappa shape index (κ1) is 70.8. The molecule has 0 bridgehead atoms. The van der Waals surface area contributed by atoms with E-state index in [-0.39, 0.29) is 78.3 Å². The number of halogens is 1. The Hall–Kier alpha value is -6.18. The number of fused-ring (bicyclic) bond motifs is 3. The smallest absolute Gasteiger partial charge is 0.662 e. The standard InChI is InChI=1S/C9H13N5O.C9H15N5.C9H17N4O.C9H14N4.C6H12N4.C3H5BrO.CH2O3.CH4.K.H2/c1-6-5-13-9(8(6)11-15)14(12(3)4)7(2)10-13;1-6-5-13-9(8(6)10)14(12(3)4)7(2)11-13;1-7(14)6-12-9(3)13(11(4)5)8(2)10-12;1-7-5-9-12(6-7)10-8(2)13(9)11(3)4;1-5-7-8-6(2)10(5)9(3)4;1-3(5)2-4;2-1-4-3;;;/h5H,1-4H3;5H,10H2,1-4H3;6H2,1-5H3;5-6H,1-4H3;1-4H3;2H2,1H3;1,3H;1H4;;1H/q;;+1;;;;;;+1;/p-1. The third-order valence-electron chi connectivity index (χ3n) is 10.4. The summed E-state index contributed by atoms with van der Waals surface area (Å²) in [5, 5.41) is 46.9. The van der Waals surface area contributed by atoms with Gasteiger partial charge in [-0.15, -0.1) is 24.5 Å². The number of hydrogen-bond acceptors (Lipinski definition) is 19. The summed E-state index contributed by atoms with van der Waals surface area (Å²) in [5.41, 5.74) is 13.1. The summed E-state index contributed by atoms with van der Waals surface area (Å²) in [6.45, 7) is 22.7. The van der Waals surface area contributed by atoms with E-state index in [1.54, 1.807) is 22.3 Å². The van der Waals surface area contributed by atoms with Gasteiger partial charge in [-0.1, -0.05) is 23.4 Å². The van der Waals surface area contributed by atoms with Gasteiger partial charge in [0.25, 0.3) is 18.1 Å². The van der Waals surface area contributed by atoms with Crippen LogP contribution in [0.3, 0.4) is 0 Å². The molecule has 30 heteroatoms. The van der Waals surface area contributed by atoms with Crippen molar-refractivity contribution in [3.8, 4) is 0 Å². The average Bonchev–Trinajstić information content (AvgIpc) is 4.19. The molecule has 0 fully saturated rings. The van der Waals surface area contributed by atoms with Crippen molar-refractivity contribution in [2.75, 3.05) is 107 Å². The number of carbonyl (C=O) groups excluding carboxylic acids is 3. The molecule has 424 valence electrons. The second-order valence-electron chi connectivity index (χ2n) is 18.0. The van der Waals surface area contributed by atoms with Crippen LogP contribution in [0.1, 0.15) is 80.2 Å². The van der Waals surface area contributed by atoms with E-state index >= 15 is 0 Å². The van der Waals surface area contributed by atoms with Crippen molar-refractivity contribution in [1.82, 2.24) is 67.5 Å². The van der Waals surface area contributed by atoms with Gasteiger partial charge >= 0.3 is 51.4 Å². The number of Topliss-reactive ketones (excluding diaryl/α,β-unsaturated/α-hetero) is 2. The van der Waals surface area contributed by atoms with E-state index in [1.807, 2.05) is 198 Å². The molecular weight excluding hydrogens is 1090 g/mol. The van der Waals surface area contributed by atoms with Gasteiger partial charge in [-0.05, 0) is 96.7 Å². The van der Waals surface area contributed by atoms with Crippen molar-refractivity contribution < 1.29 is 82.0 Å². The summed E-state index contributed by atoms with van der Waals surface area (Å²) in [5.74, 6) is 6.71. The van der Waals surface area contributed by atoms with E-state index in [4.69, 9.17) is 15.8 Å². The number of nitroso groups, excluding NO2 is 1. The van der Waals surface area contributed by atoms with Crippen molar-refractivity contribution >= 4 is 62.3 Å². The van der Waals surface area contributed by atoms with Gasteiger partial charge in [0.1, 0.15) is 34.9 Å². The van der Waals surface area contributed by atoms with E-state index in [0.29, 0.717) is 23.2 Å². The van der Waals surface area contributed by atoms with Crippen LogP contribution in [0.5, 0.6) is 0 Å². The van der Waals surface area contributed by atoms with Crippen LogP contribution in [0, 0.1) is 74.1 Å². The molecule has 0 atom stereocenters. The van der Waals surface area contributed by atoms with E-state index < -0.39 is 0 Å². The Morgan fingerprint density at radius 1 is 0.662 bits per heavy atom. The Kier molecular flexibility index (Phi) is 29.3. The van der Waals surface area contributed by atoms with Crippen molar-refractivity contribution in [2.45, 2.75) is 97.1 Å². The van der Waals surface area contributed by atoms with Crippen molar-refractivity contribution in [1.29, 1.82) is 0 Å². The number of aromatic nitrogens is 15. The van der Waals surface area contributed by atoms with Crippen LogP contribution in [0.2, 0.25) is 0 Å². The predicted molar refractivity (Wildman–Crippen MR) is 301 cm³/mol. The van der Waals surface area contributed by atoms with Gasteiger partial charge in [0.2, 0.25) is 0 Å². The van der Waals surface area contributed by atoms with Gasteiger partial charge in [0, 0.05) is 110 Å². The normalized spacial score (nSPS) is 9.97. The van der Waals surface area contributed by atoms with E-state index in [1.165, 1.54) is 12.5 Å². The summed E-state index contributed by atoms with van der Waals surface area (Å²) < 4.78 is 17.0. The zero-order valence-electron chi connectivity index (χ0n) is 48.6. The van der Waals surface area contributed by atoms with E-state index in [2.05, 4.69) is 74.3 Å². The van der Waals surface area contributed by atoms with Gasteiger partial charge in [0.15, 0.2) is 35.0 Å². The predicted octanol–water partition coefficient (Wildman–Crippen LogP) is -0.212. The third kappa shape index (κ3) is 18.5. The molecule has 0 radical (unpaired) electrons. The van der Waals surface area contributed by atoms with Gasteiger partial charge in [-0.2, -0.15) is 15.3 Å². The molecule has 0 amide bonds. The molecule has 77 heavy (non-hydrogen) atoms. The van der Waals surface area contributed by atoms with Crippen LogP contribution in [0.25, 0.3) is 16.9 Å². The number of alkyl halides is 1. The van der Waals surface area contributed by atoms with Gasteiger partial charge in [-0.3, -0.25) is 14.4 Å². The molecule has 28 nitrogen and oxygen atoms in total. The number of nitrogens with two attached hydrogens (primary N) is 1. The summed E-state index contributed by atoms with van der Waals surface area (Å²) in [6, 6.07) is 2.12. The monoisotopic (exact) mass is 1170 g/mol. The summed E-state index contributed by atoms with van der Waals surface area (Å²) in [6.07, 6.45) is 5.78. The number of carbonyl (C=O) groups is 3. The molecule has 0 aliphatic carbocycles. The fourth-order valence-corrected chi connectivity index (χ4v) is 7.82. The SMILES string of the molecule is C.CC(=O)CBr.CC(=O)C[n+]1nc(C)n(N(C)C)c1C.Cc1cc2n(N(C)C)c(C)nn2c1.Cc1cn2nc(C)n(N(C)C)c2c1N.Cc1cn2nc(C)n(N(C)C)c2c1N=O.Cc1nnc(C)n1N(C)C.O=CO[O-].[HH].[K+]. The minimum atomic E-state index is -0.181. The second kappa shape index (κ2) is 31.9. The van der Waals surface area contributed by atoms with Crippen LogP contribution in [0.4, 0.5) is 11.4 Å². The average molecular weight is 1170 g/mol. The number of ketones is 2. The molecule has 2 N–H and O–H groups in total. The summed E-state index contributed by atoms with van der Waals surface area (Å²) in [7, 11) is 19.6. The van der Waals surface area contributed by atoms with Crippen molar-refractivity contribution in [3.63, 3.8) is 0 Å². The molecule has 0 saturated heterocycles. The number of rotatable bonds is 10. The number of anilines is 1. The Morgan fingerprint density at radius 3 is 1.44 bits per heavy atom. The Bertz CT molecular complexity index is 3130. The number of aryl methyl sites for hydroxylation is 9. The molecule has 0 spiro atoms. The van der Waals surface area contributed by atoms with Gasteiger partial charge < -0.3 is 35.9 Å². The molecule has 8 aromatic rings. The maximum Gasteiger partial charge on any atom is 1.00 e. The van der Waals surface area contributed by atoms with Gasteiger partial charge in [-0.25, -0.2) is 37.3 Å². The quantitative estimate of drug-likeness (QED) is 0.0353. The summed E-state index contributed by atoms with van der Waals surface area (Å²) >= 11 is 2.96. The molecule has 8 rings (SSSR count). The molecule has 0 aliphatic rings. The zero-order chi connectivity index (χ0) is 57.5. The topological polar surface area (TPSA) is 274 Å². The van der Waals surface area contributed by atoms with Crippen LogP contribution in [-0.4, -0.2) is 161 Å². The summed E-state index contributed by atoms with van der Waals surface area (Å²) in [4.78, 5) is 42.8. The Morgan fingerprint density at radius 2 is 1.06 bits per heavy atom. The molecule has 0 saturated carbocycles. The molecule has 0 aromatic carbocycles. The largest absolute Gasteiger partial charge is 1.00 e. The molecule has 0 aliphatic heterocycles. The van der Waals surface area contributed by atoms with E-state index in [9.17, 15) is 14.5 Å². The molecule has 8 aromatic heterocycles. The van der Waals surface area contributed by atoms with Crippen molar-refractivity contribution in [2.24, 2.45) is 5.18 Å². The molecule has 8 heterocycles. The first-order valence-corrected chi connectivity index (χ1v) is 24.3. The first-order valence-electron chi connectivity index (χ1n) is 23.2. The second-order valence-corrected chi connectivity index (χ2v) is 18.6. The fraction of sp³-hybridized carbons (Fsp3) is 0.532. The number of hydrogen-bond donors (Lipinski definition) is 1. The van der Waals surface area contributed by atoms with Crippen LogP contribution >= 0.6 is 15.9 Å². The Balaban J connectivity index is 0. The van der Waals surface area contributed by atoms with Crippen LogP contribution in [-0.2, 0) is 25.8 Å². The minimum absolute atomic E-state index is 0. The van der Waals surface area contributed by atoms with E-state index in [0.717, 1.165) is 68.9 Å².